The molecule has 1 heterocycles. The first-order valence-electron chi connectivity index (χ1n) is 4.64. The second-order valence-electron chi connectivity index (χ2n) is 2.47. The van der Waals surface area contributed by atoms with Gasteiger partial charge in [-0.25, -0.2) is 0 Å². The summed E-state index contributed by atoms with van der Waals surface area (Å²) in [6, 6.07) is 0. The summed E-state index contributed by atoms with van der Waals surface area (Å²) in [5.74, 6) is 0. The molecule has 0 saturated carbocycles. The van der Waals surface area contributed by atoms with Crippen LogP contribution in [0.2, 0.25) is 0 Å². The molecule has 0 aliphatic carbocycles. The first-order chi connectivity index (χ1) is 7.11. The van der Waals surface area contributed by atoms with Crippen LogP contribution in [0.5, 0.6) is 0 Å². The third-order valence-electron chi connectivity index (χ3n) is 1.75. The van der Waals surface area contributed by atoms with E-state index in [-0.39, 0.29) is 58.2 Å². The van der Waals surface area contributed by atoms with Crippen molar-refractivity contribution < 1.29 is 58.2 Å². The molecule has 0 aliphatic heterocycles. The van der Waals surface area contributed by atoms with E-state index in [1.165, 1.54) is 23.8 Å². The van der Waals surface area contributed by atoms with Crippen molar-refractivity contribution in [1.29, 1.82) is 0 Å². The van der Waals surface area contributed by atoms with Crippen LogP contribution in [0, 0.1) is 0 Å². The summed E-state index contributed by atoms with van der Waals surface area (Å²) in [7, 11) is 1.53. The number of rotatable bonds is 2. The van der Waals surface area contributed by atoms with Gasteiger partial charge in [0, 0.05) is 5.56 Å². The molecule has 1 rings (SSSR count). The summed E-state index contributed by atoms with van der Waals surface area (Å²) in [4.78, 5) is 25.5. The minimum absolute atomic E-state index is 0. The number of aromatic nitrogens is 2. The third kappa shape index (κ3) is 4.09. The van der Waals surface area contributed by atoms with Gasteiger partial charge in [0.1, 0.15) is 0 Å². The first kappa shape index (κ1) is 18.3. The second-order valence-corrected chi connectivity index (χ2v) is 2.47. The molecule has 0 amide bonds. The van der Waals surface area contributed by atoms with Gasteiger partial charge >= 0.3 is 58.2 Å². The summed E-state index contributed by atoms with van der Waals surface area (Å²) >= 11 is 0. The van der Waals surface area contributed by atoms with E-state index in [4.69, 9.17) is 0 Å². The third-order valence-corrected chi connectivity index (χ3v) is 1.75. The molecule has 0 bridgehead atoms. The molecule has 82 valence electrons. The van der Waals surface area contributed by atoms with Crippen LogP contribution in [0.1, 0.15) is 25.1 Å². The van der Waals surface area contributed by atoms with E-state index in [1.807, 2.05) is 13.8 Å². The quantitative estimate of drug-likeness (QED) is 0.635. The van der Waals surface area contributed by atoms with Gasteiger partial charge in [-0.2, -0.15) is 0 Å². The Balaban J connectivity index is 0. The molecule has 0 unspecified atom stereocenters. The Labute approximate surface area is 144 Å². The molecule has 4 nitrogen and oxygen atoms in total. The van der Waals surface area contributed by atoms with E-state index in [1.54, 1.807) is 0 Å². The minimum Gasteiger partial charge on any atom is -0.413 e. The average molecular weight is 293 g/mol. The van der Waals surface area contributed by atoms with Crippen molar-refractivity contribution in [2.75, 3.05) is 0 Å². The van der Waals surface area contributed by atoms with Gasteiger partial charge in [0.25, 0.3) is 0 Å². The maximum absolute atomic E-state index is 11.2. The van der Waals surface area contributed by atoms with Crippen molar-refractivity contribution in [3.63, 3.8) is 0 Å². The number of nitrogens with zero attached hydrogens (tertiary/aromatic N) is 2. The summed E-state index contributed by atoms with van der Waals surface area (Å²) < 4.78 is 1.26. The molecule has 1 aromatic heterocycles. The fraction of sp³-hybridized carbons (Fsp3) is 0.273. The fourth-order valence-corrected chi connectivity index (χ4v) is 1.05. The van der Waals surface area contributed by atoms with Gasteiger partial charge < -0.3 is 9.55 Å². The molecule has 16 heavy (non-hydrogen) atoms. The zero-order valence-electron chi connectivity index (χ0n) is 10.3. The Bertz CT molecular complexity index is 472. The second kappa shape index (κ2) is 9.04. The molecule has 0 saturated heterocycles. The van der Waals surface area contributed by atoms with Crippen molar-refractivity contribution in [3.05, 3.63) is 45.3 Å². The minimum atomic E-state index is -0.578. The molecular weight excluding hydrogens is 278 g/mol. The van der Waals surface area contributed by atoms with Crippen molar-refractivity contribution in [2.45, 2.75) is 13.8 Å². The van der Waals surface area contributed by atoms with Gasteiger partial charge in [0.2, 0.25) is 0 Å². The Morgan fingerprint density at radius 2 is 1.69 bits per heavy atom. The fourth-order valence-electron chi connectivity index (χ4n) is 1.05. The smallest absolute Gasteiger partial charge is 0.413 e. The Morgan fingerprint density at radius 1 is 1.19 bits per heavy atom. The van der Waals surface area contributed by atoms with Crippen LogP contribution >= 0.6 is 0 Å². The monoisotopic (exact) mass is 292 g/mol. The summed E-state index contributed by atoms with van der Waals surface area (Å²) in [5.41, 5.74) is -0.393. The van der Waals surface area contributed by atoms with E-state index in [0.29, 0.717) is 11.3 Å². The summed E-state index contributed by atoms with van der Waals surface area (Å²) in [6.07, 6.45) is 2.80. The molecule has 5 heteroatoms. The van der Waals surface area contributed by atoms with Crippen molar-refractivity contribution >= 4 is 12.2 Å². The molecular formula is C11H15N2O2Rb. The van der Waals surface area contributed by atoms with Gasteiger partial charge in [-0.3, -0.25) is 9.59 Å². The van der Waals surface area contributed by atoms with Crippen LogP contribution in [-0.4, -0.2) is 4.57 Å². The maximum atomic E-state index is 11.2. The number of hydrogen-bond donors (Lipinski definition) is 0. The van der Waals surface area contributed by atoms with Crippen molar-refractivity contribution in [2.24, 2.45) is 7.05 Å². The zero-order valence-corrected chi connectivity index (χ0v) is 15.2. The molecule has 0 aliphatic rings. The maximum Gasteiger partial charge on any atom is 1.00 e. The average Bonchev–Trinajstić information content (AvgIpc) is 2.25. The molecule has 0 fully saturated rings. The van der Waals surface area contributed by atoms with E-state index < -0.39 is 11.2 Å². The number of hydrogen-bond acceptors (Lipinski definition) is 2. The predicted octanol–water partition coefficient (Wildman–Crippen LogP) is -1.98. The zero-order chi connectivity index (χ0) is 12.0. The topological polar surface area (TPSA) is 53.2 Å². The van der Waals surface area contributed by atoms with E-state index in [0.717, 1.165) is 0 Å². The van der Waals surface area contributed by atoms with Gasteiger partial charge in [0.05, 0.1) is 0 Å². The van der Waals surface area contributed by atoms with Gasteiger partial charge in [0.15, 0.2) is 11.2 Å². The Morgan fingerprint density at radius 3 is 2.06 bits per heavy atom. The molecule has 0 N–H and O–H groups in total. The van der Waals surface area contributed by atoms with Crippen LogP contribution in [0.4, 0.5) is 0 Å². The molecule has 0 spiro atoms. The molecule has 0 radical (unpaired) electrons. The van der Waals surface area contributed by atoms with Crippen LogP contribution in [0.15, 0.2) is 22.7 Å². The Kier molecular flexibility index (Phi) is 10.4. The van der Waals surface area contributed by atoms with E-state index in [9.17, 15) is 9.59 Å². The standard InChI is InChI=1S/C9H10N2O2.C2H6.Rb/c1-4-6-7(5-2)11(3)9(13)10-8(6)12;1-2;/h4-5H,1-2H2,3H3,(H,10,12,13);1-2H3;/q;;+1/p-1. The predicted molar refractivity (Wildman–Crippen MR) is 62.8 cm³/mol. The van der Waals surface area contributed by atoms with Crippen molar-refractivity contribution in [3.8, 4) is 0 Å². The summed E-state index contributed by atoms with van der Waals surface area (Å²) in [6.45, 7) is 11.0. The van der Waals surface area contributed by atoms with E-state index in [2.05, 4.69) is 18.1 Å². The van der Waals surface area contributed by atoms with E-state index >= 15 is 0 Å². The van der Waals surface area contributed by atoms with Crippen LogP contribution in [0.25, 0.3) is 12.2 Å². The molecule has 0 aromatic carbocycles. The Hall–Kier alpha value is -0.0348. The van der Waals surface area contributed by atoms with Crippen LogP contribution in [-0.2, 0) is 7.05 Å². The van der Waals surface area contributed by atoms with Gasteiger partial charge in [-0.15, -0.1) is 0 Å². The van der Waals surface area contributed by atoms with Crippen molar-refractivity contribution in [1.82, 2.24) is 9.55 Å². The normalized spacial score (nSPS) is 8.19. The van der Waals surface area contributed by atoms with Gasteiger partial charge in [-0.1, -0.05) is 46.2 Å². The largest absolute Gasteiger partial charge is 1.00 e. The SMILES string of the molecule is C=Cc1c(C=C)n(C)c(=O)[n-]c1=O.CC.[Rb+]. The van der Waals surface area contributed by atoms with Crippen LogP contribution < -0.4 is 74.4 Å². The molecule has 1 aromatic rings. The molecule has 0 atom stereocenters. The summed E-state index contributed by atoms with van der Waals surface area (Å²) in [5, 5.41) is 0. The van der Waals surface area contributed by atoms with Crippen LogP contribution in [0.3, 0.4) is 0 Å². The first-order valence-corrected chi connectivity index (χ1v) is 4.64. The van der Waals surface area contributed by atoms with Gasteiger partial charge in [-0.05, 0) is 5.69 Å².